The molecular formula is C19H17NO. The molecule has 0 aliphatic rings. The zero-order chi connectivity index (χ0) is 14.6. The number of benzene rings is 2. The van der Waals surface area contributed by atoms with Crippen LogP contribution in [-0.4, -0.2) is 4.98 Å². The van der Waals surface area contributed by atoms with Crippen LogP contribution in [0.15, 0.2) is 96.1 Å². The van der Waals surface area contributed by atoms with E-state index in [1.165, 1.54) is 23.8 Å². The van der Waals surface area contributed by atoms with E-state index in [0.29, 0.717) is 0 Å². The third kappa shape index (κ3) is 6.21. The van der Waals surface area contributed by atoms with Gasteiger partial charge in [-0.15, -0.1) is 0 Å². The summed E-state index contributed by atoms with van der Waals surface area (Å²) in [5.74, 6) is 0. The fourth-order valence-electron chi connectivity index (χ4n) is 1.64. The number of hydrogen-bond donors (Lipinski definition) is 0. The van der Waals surface area contributed by atoms with Crippen LogP contribution in [0, 0.1) is 0 Å². The van der Waals surface area contributed by atoms with E-state index in [9.17, 15) is 0 Å². The van der Waals surface area contributed by atoms with Gasteiger partial charge in [-0.2, -0.15) is 0 Å². The highest BCUT2D eigenvalue weighted by Gasteiger charge is 1.81. The standard InChI is InChI=1S/C16H14.C3H3NO/c1-3-9-15(10-4-1)13-7-8-14-16-11-5-2-6-12-16;1-2-5-3-4-1/h1-14H;1-3H/b13-7+,14-8+;. The topological polar surface area (TPSA) is 26.0 Å². The van der Waals surface area contributed by atoms with E-state index in [0.717, 1.165) is 0 Å². The average Bonchev–Trinajstić information content (AvgIpc) is 3.13. The fourth-order valence-corrected chi connectivity index (χ4v) is 1.64. The maximum absolute atomic E-state index is 4.47. The molecule has 0 atom stereocenters. The molecule has 0 aliphatic carbocycles. The van der Waals surface area contributed by atoms with Crippen LogP contribution < -0.4 is 0 Å². The number of allylic oxidation sites excluding steroid dienone is 2. The summed E-state index contributed by atoms with van der Waals surface area (Å²) in [5, 5.41) is 0. The molecule has 0 bridgehead atoms. The van der Waals surface area contributed by atoms with Gasteiger partial charge in [0.15, 0.2) is 6.39 Å². The molecule has 0 unspecified atom stereocenters. The number of hydrogen-bond acceptors (Lipinski definition) is 2. The zero-order valence-corrected chi connectivity index (χ0v) is 11.7. The van der Waals surface area contributed by atoms with Crippen LogP contribution >= 0.6 is 0 Å². The molecule has 0 saturated carbocycles. The summed E-state index contributed by atoms with van der Waals surface area (Å²) in [6.45, 7) is 0. The normalized spacial score (nSPS) is 10.5. The van der Waals surface area contributed by atoms with Crippen LogP contribution in [0.25, 0.3) is 12.2 Å². The predicted octanol–water partition coefficient (Wildman–Crippen LogP) is 5.09. The summed E-state index contributed by atoms with van der Waals surface area (Å²) in [5.41, 5.74) is 2.44. The van der Waals surface area contributed by atoms with Crippen LogP contribution in [-0.2, 0) is 0 Å². The van der Waals surface area contributed by atoms with E-state index in [-0.39, 0.29) is 0 Å². The fraction of sp³-hybridized carbons (Fsp3) is 0. The van der Waals surface area contributed by atoms with Gasteiger partial charge in [-0.05, 0) is 11.1 Å². The summed E-state index contributed by atoms with van der Waals surface area (Å²) in [6.07, 6.45) is 12.8. The van der Waals surface area contributed by atoms with E-state index in [1.54, 1.807) is 6.20 Å². The average molecular weight is 275 g/mol. The third-order valence-electron chi connectivity index (χ3n) is 2.63. The number of rotatable bonds is 3. The Bertz CT molecular complexity index is 576. The molecule has 104 valence electrons. The molecule has 2 aromatic carbocycles. The van der Waals surface area contributed by atoms with E-state index in [2.05, 4.69) is 58.0 Å². The third-order valence-corrected chi connectivity index (χ3v) is 2.63. The van der Waals surface area contributed by atoms with Gasteiger partial charge in [0.05, 0.1) is 6.20 Å². The van der Waals surface area contributed by atoms with Crippen molar-refractivity contribution >= 4 is 12.2 Å². The van der Waals surface area contributed by atoms with Crippen LogP contribution in [0.5, 0.6) is 0 Å². The van der Waals surface area contributed by atoms with Gasteiger partial charge in [0.2, 0.25) is 0 Å². The summed E-state index contributed by atoms with van der Waals surface area (Å²) >= 11 is 0. The van der Waals surface area contributed by atoms with Crippen molar-refractivity contribution in [2.24, 2.45) is 0 Å². The second-order valence-electron chi connectivity index (χ2n) is 4.22. The smallest absolute Gasteiger partial charge is 0.180 e. The highest BCUT2D eigenvalue weighted by molar-refractivity contribution is 5.56. The highest BCUT2D eigenvalue weighted by atomic mass is 16.3. The van der Waals surface area contributed by atoms with Crippen molar-refractivity contribution in [3.8, 4) is 0 Å². The van der Waals surface area contributed by atoms with E-state index in [4.69, 9.17) is 0 Å². The van der Waals surface area contributed by atoms with Crippen LogP contribution in [0.2, 0.25) is 0 Å². The maximum atomic E-state index is 4.47. The van der Waals surface area contributed by atoms with Crippen molar-refractivity contribution in [3.05, 3.63) is 103 Å². The van der Waals surface area contributed by atoms with Gasteiger partial charge < -0.3 is 4.42 Å². The predicted molar refractivity (Wildman–Crippen MR) is 87.5 cm³/mol. The number of nitrogens with zero attached hydrogens (tertiary/aromatic N) is 1. The molecule has 2 nitrogen and oxygen atoms in total. The first-order valence-corrected chi connectivity index (χ1v) is 6.72. The van der Waals surface area contributed by atoms with Gasteiger partial charge >= 0.3 is 0 Å². The zero-order valence-electron chi connectivity index (χ0n) is 11.7. The Labute approximate surface area is 125 Å². The monoisotopic (exact) mass is 275 g/mol. The molecule has 2 heteroatoms. The summed E-state index contributed by atoms with van der Waals surface area (Å²) < 4.78 is 4.47. The van der Waals surface area contributed by atoms with Gasteiger partial charge in [-0.25, -0.2) is 4.98 Å². The summed E-state index contributed by atoms with van der Waals surface area (Å²) in [4.78, 5) is 3.56. The lowest BCUT2D eigenvalue weighted by Crippen LogP contribution is -1.68. The molecule has 0 spiro atoms. The van der Waals surface area contributed by atoms with Crippen molar-refractivity contribution in [2.75, 3.05) is 0 Å². The Hall–Kier alpha value is -2.87. The largest absolute Gasteiger partial charge is 0.452 e. The Morgan fingerprint density at radius 1 is 0.714 bits per heavy atom. The number of oxazole rings is 1. The van der Waals surface area contributed by atoms with Crippen molar-refractivity contribution in [1.29, 1.82) is 0 Å². The molecule has 1 aromatic heterocycles. The minimum absolute atomic E-state index is 1.22. The molecule has 0 radical (unpaired) electrons. The van der Waals surface area contributed by atoms with Crippen LogP contribution in [0.4, 0.5) is 0 Å². The Morgan fingerprint density at radius 2 is 1.24 bits per heavy atom. The van der Waals surface area contributed by atoms with Gasteiger partial charge in [0.1, 0.15) is 6.26 Å². The molecule has 1 heterocycles. The molecule has 21 heavy (non-hydrogen) atoms. The van der Waals surface area contributed by atoms with Gasteiger partial charge in [-0.3, -0.25) is 0 Å². The lowest BCUT2D eigenvalue weighted by atomic mass is 10.2. The molecule has 3 aromatic rings. The Balaban J connectivity index is 0.000000272. The highest BCUT2D eigenvalue weighted by Crippen LogP contribution is 2.03. The van der Waals surface area contributed by atoms with Crippen molar-refractivity contribution in [2.45, 2.75) is 0 Å². The van der Waals surface area contributed by atoms with E-state index < -0.39 is 0 Å². The van der Waals surface area contributed by atoms with Crippen LogP contribution in [0.3, 0.4) is 0 Å². The molecule has 0 N–H and O–H groups in total. The van der Waals surface area contributed by atoms with Gasteiger partial charge in [0.25, 0.3) is 0 Å². The van der Waals surface area contributed by atoms with E-state index in [1.807, 2.05) is 36.4 Å². The molecule has 0 fully saturated rings. The number of aromatic nitrogens is 1. The van der Waals surface area contributed by atoms with Gasteiger partial charge in [0, 0.05) is 0 Å². The first kappa shape index (κ1) is 14.5. The first-order valence-electron chi connectivity index (χ1n) is 6.72. The lowest BCUT2D eigenvalue weighted by Gasteiger charge is -1.90. The minimum atomic E-state index is 1.22. The van der Waals surface area contributed by atoms with Crippen molar-refractivity contribution in [3.63, 3.8) is 0 Å². The second-order valence-corrected chi connectivity index (χ2v) is 4.22. The van der Waals surface area contributed by atoms with Gasteiger partial charge in [-0.1, -0.05) is 85.0 Å². The van der Waals surface area contributed by atoms with Crippen LogP contribution in [0.1, 0.15) is 11.1 Å². The first-order chi connectivity index (χ1) is 10.4. The van der Waals surface area contributed by atoms with Crippen molar-refractivity contribution in [1.82, 2.24) is 4.98 Å². The maximum Gasteiger partial charge on any atom is 0.180 e. The summed E-state index contributed by atoms with van der Waals surface area (Å²) in [6, 6.07) is 20.6. The molecule has 3 rings (SSSR count). The molecule has 0 aliphatic heterocycles. The quantitative estimate of drug-likeness (QED) is 0.622. The molecule has 0 amide bonds. The Kier molecular flexibility index (Phi) is 6.30. The van der Waals surface area contributed by atoms with Crippen molar-refractivity contribution < 1.29 is 4.42 Å². The molecular weight excluding hydrogens is 258 g/mol. The SMILES string of the molecule is C(/C=C/c1ccccc1)=C\c1ccccc1.c1cocn1. The molecule has 0 saturated heterocycles. The minimum Gasteiger partial charge on any atom is -0.452 e. The van der Waals surface area contributed by atoms with E-state index >= 15 is 0 Å². The lowest BCUT2D eigenvalue weighted by molar-refractivity contribution is 0.558. The second kappa shape index (κ2) is 9.10. The summed E-state index contributed by atoms with van der Waals surface area (Å²) in [7, 11) is 0. The Morgan fingerprint density at radius 3 is 1.57 bits per heavy atom.